The van der Waals surface area contributed by atoms with Crippen molar-refractivity contribution in [3.05, 3.63) is 40.7 Å². The van der Waals surface area contributed by atoms with Crippen molar-refractivity contribution in [2.75, 3.05) is 0 Å². The van der Waals surface area contributed by atoms with Gasteiger partial charge in [-0.1, -0.05) is 28.9 Å². The summed E-state index contributed by atoms with van der Waals surface area (Å²) in [6, 6.07) is 7.55. The Morgan fingerprint density at radius 2 is 2.06 bits per heavy atom. The summed E-state index contributed by atoms with van der Waals surface area (Å²) in [6.45, 7) is 1.87. The van der Waals surface area contributed by atoms with Crippen molar-refractivity contribution in [1.29, 1.82) is 0 Å². The fourth-order valence-electron chi connectivity index (χ4n) is 1.51. The normalized spacial score (nSPS) is 14.7. The summed E-state index contributed by atoms with van der Waals surface area (Å²) in [6.07, 6.45) is 0.629. The summed E-state index contributed by atoms with van der Waals surface area (Å²) in [5, 5.41) is 14.4. The Morgan fingerprint density at radius 1 is 1.38 bits per heavy atom. The van der Waals surface area contributed by atoms with Crippen molar-refractivity contribution in [3.8, 4) is 0 Å². The van der Waals surface area contributed by atoms with E-state index in [2.05, 4.69) is 20.6 Å². The predicted octanol–water partition coefficient (Wildman–Crippen LogP) is 1.27. The molecule has 1 heterocycles. The molecule has 16 heavy (non-hydrogen) atoms. The van der Waals surface area contributed by atoms with Crippen molar-refractivity contribution >= 4 is 11.6 Å². The van der Waals surface area contributed by atoms with Crippen LogP contribution in [-0.4, -0.2) is 20.6 Å². The van der Waals surface area contributed by atoms with Crippen LogP contribution in [0, 0.1) is 0 Å². The molecule has 3 N–H and O–H groups in total. The van der Waals surface area contributed by atoms with Crippen LogP contribution in [0.5, 0.6) is 0 Å². The van der Waals surface area contributed by atoms with Gasteiger partial charge < -0.3 is 5.73 Å². The highest BCUT2D eigenvalue weighted by Crippen LogP contribution is 2.19. The van der Waals surface area contributed by atoms with E-state index in [-0.39, 0.29) is 0 Å². The number of H-pyrrole nitrogens is 1. The van der Waals surface area contributed by atoms with Crippen LogP contribution in [0.4, 0.5) is 0 Å². The number of hydrogen-bond donors (Lipinski definition) is 2. The molecule has 0 aliphatic rings. The van der Waals surface area contributed by atoms with Crippen LogP contribution < -0.4 is 5.73 Å². The van der Waals surface area contributed by atoms with Crippen LogP contribution in [0.1, 0.15) is 18.3 Å². The Bertz CT molecular complexity index is 449. The third-order valence-corrected chi connectivity index (χ3v) is 2.59. The molecule has 0 radical (unpaired) electrons. The largest absolute Gasteiger partial charge is 0.319 e. The third-order valence-electron chi connectivity index (χ3n) is 2.34. The average Bonchev–Trinajstić information content (AvgIpc) is 2.75. The van der Waals surface area contributed by atoms with Crippen LogP contribution >= 0.6 is 11.6 Å². The molecule has 2 rings (SSSR count). The number of aromatic amines is 1. The molecule has 1 unspecified atom stereocenters. The second-order valence-corrected chi connectivity index (χ2v) is 4.39. The monoisotopic (exact) mass is 237 g/mol. The minimum absolute atomic E-state index is 0.502. The number of nitrogens with two attached hydrogens (primary N) is 1. The van der Waals surface area contributed by atoms with Crippen LogP contribution in [0.2, 0.25) is 5.02 Å². The number of rotatable bonds is 3. The molecular weight excluding hydrogens is 226 g/mol. The summed E-state index contributed by atoms with van der Waals surface area (Å²) in [5.74, 6) is 0.502. The van der Waals surface area contributed by atoms with E-state index < -0.39 is 5.54 Å². The highest BCUT2D eigenvalue weighted by molar-refractivity contribution is 6.30. The Labute approximate surface area is 98.0 Å². The number of benzene rings is 1. The first-order valence-electron chi connectivity index (χ1n) is 4.85. The highest BCUT2D eigenvalue weighted by Gasteiger charge is 2.26. The van der Waals surface area contributed by atoms with Gasteiger partial charge in [-0.25, -0.2) is 0 Å². The van der Waals surface area contributed by atoms with Gasteiger partial charge in [-0.2, -0.15) is 5.21 Å². The number of nitrogens with one attached hydrogen (secondary N) is 1. The quantitative estimate of drug-likeness (QED) is 0.843. The van der Waals surface area contributed by atoms with Gasteiger partial charge in [0.25, 0.3) is 0 Å². The van der Waals surface area contributed by atoms with Crippen molar-refractivity contribution in [3.63, 3.8) is 0 Å². The van der Waals surface area contributed by atoms with E-state index in [0.29, 0.717) is 17.3 Å². The third kappa shape index (κ3) is 2.37. The van der Waals surface area contributed by atoms with Crippen molar-refractivity contribution in [2.45, 2.75) is 18.9 Å². The van der Waals surface area contributed by atoms with Gasteiger partial charge in [0.05, 0.1) is 5.54 Å². The molecule has 0 amide bonds. The maximum absolute atomic E-state index is 6.13. The molecule has 2 aromatic rings. The predicted molar refractivity (Wildman–Crippen MR) is 60.9 cm³/mol. The number of hydrogen-bond acceptors (Lipinski definition) is 4. The molecule has 6 heteroatoms. The molecule has 5 nitrogen and oxygen atoms in total. The summed E-state index contributed by atoms with van der Waals surface area (Å²) in [4.78, 5) is 0. The van der Waals surface area contributed by atoms with Crippen LogP contribution in [0.25, 0.3) is 0 Å². The first-order chi connectivity index (χ1) is 7.58. The van der Waals surface area contributed by atoms with E-state index in [1.807, 2.05) is 31.2 Å². The molecule has 0 aliphatic heterocycles. The van der Waals surface area contributed by atoms with Gasteiger partial charge >= 0.3 is 0 Å². The summed E-state index contributed by atoms with van der Waals surface area (Å²) >= 11 is 5.81. The van der Waals surface area contributed by atoms with Crippen LogP contribution in [0.3, 0.4) is 0 Å². The Hall–Kier alpha value is -1.46. The molecule has 0 saturated carbocycles. The van der Waals surface area contributed by atoms with Gasteiger partial charge in [0.15, 0.2) is 5.82 Å². The second kappa shape index (κ2) is 4.19. The number of aromatic nitrogens is 4. The SMILES string of the molecule is CC(N)(Cc1ccc(Cl)cc1)c1nn[nH]n1. The van der Waals surface area contributed by atoms with E-state index in [4.69, 9.17) is 17.3 Å². The maximum atomic E-state index is 6.13. The van der Waals surface area contributed by atoms with Gasteiger partial charge in [-0.15, -0.1) is 10.2 Å². The number of halogens is 1. The van der Waals surface area contributed by atoms with Gasteiger partial charge in [-0.05, 0) is 31.0 Å². The first-order valence-corrected chi connectivity index (χ1v) is 5.23. The summed E-state index contributed by atoms with van der Waals surface area (Å²) in [5.41, 5.74) is 6.58. The smallest absolute Gasteiger partial charge is 0.194 e. The molecule has 0 fully saturated rings. The molecule has 0 spiro atoms. The first kappa shape index (κ1) is 11.0. The molecule has 0 saturated heterocycles. The molecule has 84 valence electrons. The second-order valence-electron chi connectivity index (χ2n) is 3.96. The zero-order valence-corrected chi connectivity index (χ0v) is 9.57. The number of tetrazole rings is 1. The fraction of sp³-hybridized carbons (Fsp3) is 0.300. The van der Waals surface area contributed by atoms with Gasteiger partial charge in [0, 0.05) is 5.02 Å². The lowest BCUT2D eigenvalue weighted by Crippen LogP contribution is -2.36. The fourth-order valence-corrected chi connectivity index (χ4v) is 1.64. The van der Waals surface area contributed by atoms with E-state index in [1.165, 1.54) is 0 Å². The molecule has 1 atom stereocenters. The van der Waals surface area contributed by atoms with Crippen molar-refractivity contribution in [2.24, 2.45) is 5.73 Å². The topological polar surface area (TPSA) is 80.5 Å². The van der Waals surface area contributed by atoms with Crippen LogP contribution in [0.15, 0.2) is 24.3 Å². The molecule has 0 bridgehead atoms. The zero-order valence-electron chi connectivity index (χ0n) is 8.81. The molecule has 0 aliphatic carbocycles. The molecule has 1 aromatic carbocycles. The lowest BCUT2D eigenvalue weighted by atomic mass is 9.93. The van der Waals surface area contributed by atoms with E-state index in [1.54, 1.807) is 0 Å². The summed E-state index contributed by atoms with van der Waals surface area (Å²) < 4.78 is 0. The van der Waals surface area contributed by atoms with Gasteiger partial charge in [0.2, 0.25) is 0 Å². The van der Waals surface area contributed by atoms with Crippen molar-refractivity contribution in [1.82, 2.24) is 20.6 Å². The van der Waals surface area contributed by atoms with Gasteiger partial charge in [-0.3, -0.25) is 0 Å². The Kier molecular flexibility index (Phi) is 2.89. The lowest BCUT2D eigenvalue weighted by molar-refractivity contribution is 0.459. The van der Waals surface area contributed by atoms with Crippen molar-refractivity contribution < 1.29 is 0 Å². The number of nitrogens with zero attached hydrogens (tertiary/aromatic N) is 3. The van der Waals surface area contributed by atoms with Crippen LogP contribution in [-0.2, 0) is 12.0 Å². The standard InChI is InChI=1S/C10H12ClN5/c1-10(12,9-13-15-16-14-9)6-7-2-4-8(11)5-3-7/h2-5H,6,12H2,1H3,(H,13,14,15,16). The molecule has 1 aromatic heterocycles. The van der Waals surface area contributed by atoms with Gasteiger partial charge in [0.1, 0.15) is 0 Å². The lowest BCUT2D eigenvalue weighted by Gasteiger charge is -2.20. The zero-order chi connectivity index (χ0) is 11.6. The average molecular weight is 238 g/mol. The Balaban J connectivity index is 2.18. The van der Waals surface area contributed by atoms with E-state index in [9.17, 15) is 0 Å². The minimum Gasteiger partial charge on any atom is -0.319 e. The van der Waals surface area contributed by atoms with E-state index >= 15 is 0 Å². The summed E-state index contributed by atoms with van der Waals surface area (Å²) in [7, 11) is 0. The minimum atomic E-state index is -0.638. The highest BCUT2D eigenvalue weighted by atomic mass is 35.5. The maximum Gasteiger partial charge on any atom is 0.194 e. The van der Waals surface area contributed by atoms with E-state index in [0.717, 1.165) is 5.56 Å². The molecular formula is C10H12ClN5. The Morgan fingerprint density at radius 3 is 2.62 bits per heavy atom.